The molecule has 6 heteroatoms. The quantitative estimate of drug-likeness (QED) is 0.720. The molecule has 0 spiro atoms. The summed E-state index contributed by atoms with van der Waals surface area (Å²) >= 11 is 0. The summed E-state index contributed by atoms with van der Waals surface area (Å²) in [5, 5.41) is 3.00. The van der Waals surface area contributed by atoms with Crippen molar-refractivity contribution < 1.29 is 14.4 Å². The number of benzene rings is 2. The molecule has 1 N–H and O–H groups in total. The summed E-state index contributed by atoms with van der Waals surface area (Å²) in [5.41, 5.74) is 2.80. The average molecular weight is 405 g/mol. The van der Waals surface area contributed by atoms with Crippen molar-refractivity contribution in [1.29, 1.82) is 0 Å². The molecule has 0 radical (unpaired) electrons. The number of hydrogen-bond donors (Lipinski definition) is 1. The molecule has 1 fully saturated rings. The van der Waals surface area contributed by atoms with Crippen molar-refractivity contribution in [3.05, 3.63) is 71.3 Å². The molecule has 30 heavy (non-hydrogen) atoms. The van der Waals surface area contributed by atoms with Crippen LogP contribution in [0.3, 0.4) is 0 Å². The Bertz CT molecular complexity index is 928. The fourth-order valence-electron chi connectivity index (χ4n) is 4.30. The molecule has 0 aliphatic carbocycles. The fraction of sp³-hybridized carbons (Fsp3) is 0.375. The third kappa shape index (κ3) is 4.37. The predicted molar refractivity (Wildman–Crippen MR) is 113 cm³/mol. The van der Waals surface area contributed by atoms with Gasteiger partial charge in [-0.3, -0.25) is 14.4 Å². The van der Waals surface area contributed by atoms with Gasteiger partial charge in [0.2, 0.25) is 17.7 Å². The molecule has 1 atom stereocenters. The molecule has 2 heterocycles. The lowest BCUT2D eigenvalue weighted by atomic mass is 9.91. The van der Waals surface area contributed by atoms with Crippen LogP contribution in [0.2, 0.25) is 0 Å². The van der Waals surface area contributed by atoms with E-state index in [9.17, 15) is 14.4 Å². The van der Waals surface area contributed by atoms with Gasteiger partial charge in [-0.05, 0) is 29.5 Å². The Kier molecular flexibility index (Phi) is 6.12. The van der Waals surface area contributed by atoms with Crippen LogP contribution < -0.4 is 5.32 Å². The predicted octanol–water partition coefficient (Wildman–Crippen LogP) is 2.44. The summed E-state index contributed by atoms with van der Waals surface area (Å²) in [6, 6.07) is 16.8. The maximum absolute atomic E-state index is 13.2. The Morgan fingerprint density at radius 2 is 1.77 bits per heavy atom. The topological polar surface area (TPSA) is 69.7 Å². The Morgan fingerprint density at radius 3 is 2.53 bits per heavy atom. The maximum atomic E-state index is 13.2. The van der Waals surface area contributed by atoms with Crippen molar-refractivity contribution in [1.82, 2.24) is 15.1 Å². The summed E-state index contributed by atoms with van der Waals surface area (Å²) < 4.78 is 0. The van der Waals surface area contributed by atoms with E-state index in [2.05, 4.69) is 5.32 Å². The maximum Gasteiger partial charge on any atom is 0.247 e. The molecule has 0 bridgehead atoms. The van der Waals surface area contributed by atoms with Crippen molar-refractivity contribution in [2.75, 3.05) is 19.6 Å². The third-order valence-electron chi connectivity index (χ3n) is 5.84. The second-order valence-corrected chi connectivity index (χ2v) is 7.91. The monoisotopic (exact) mass is 405 g/mol. The summed E-state index contributed by atoms with van der Waals surface area (Å²) in [6.45, 7) is 2.35. The van der Waals surface area contributed by atoms with Crippen LogP contribution in [0.4, 0.5) is 0 Å². The Labute approximate surface area is 176 Å². The highest BCUT2D eigenvalue weighted by Gasteiger charge is 2.36. The lowest BCUT2D eigenvalue weighted by Gasteiger charge is -2.36. The number of nitrogens with zero attached hydrogens (tertiary/aromatic N) is 2. The lowest BCUT2D eigenvalue weighted by molar-refractivity contribution is -0.142. The summed E-state index contributed by atoms with van der Waals surface area (Å²) in [4.78, 5) is 41.4. The number of carbonyl (C=O) groups is 3. The van der Waals surface area contributed by atoms with Crippen LogP contribution in [0.25, 0.3) is 0 Å². The third-order valence-corrected chi connectivity index (χ3v) is 5.84. The highest BCUT2D eigenvalue weighted by atomic mass is 16.2. The van der Waals surface area contributed by atoms with E-state index >= 15 is 0 Å². The summed E-state index contributed by atoms with van der Waals surface area (Å²) in [5.74, 6) is -0.0123. The highest BCUT2D eigenvalue weighted by molar-refractivity contribution is 5.92. The minimum absolute atomic E-state index is 0.0413. The number of rotatable bonds is 7. The van der Waals surface area contributed by atoms with Gasteiger partial charge in [-0.2, -0.15) is 0 Å². The van der Waals surface area contributed by atoms with E-state index in [1.807, 2.05) is 59.5 Å². The van der Waals surface area contributed by atoms with E-state index in [0.717, 1.165) is 29.7 Å². The van der Waals surface area contributed by atoms with Gasteiger partial charge in [0.05, 0.1) is 6.42 Å². The van der Waals surface area contributed by atoms with Gasteiger partial charge in [-0.25, -0.2) is 0 Å². The normalized spacial score (nSPS) is 18.5. The molecular weight excluding hydrogens is 378 g/mol. The van der Waals surface area contributed by atoms with E-state index < -0.39 is 6.04 Å². The van der Waals surface area contributed by atoms with Crippen molar-refractivity contribution in [3.63, 3.8) is 0 Å². The van der Waals surface area contributed by atoms with E-state index in [0.29, 0.717) is 38.9 Å². The molecule has 3 amide bonds. The minimum Gasteiger partial charge on any atom is -0.354 e. The second-order valence-electron chi connectivity index (χ2n) is 7.91. The summed E-state index contributed by atoms with van der Waals surface area (Å²) in [7, 11) is 0. The van der Waals surface area contributed by atoms with Gasteiger partial charge in [0.1, 0.15) is 6.04 Å². The Hall–Kier alpha value is -3.15. The van der Waals surface area contributed by atoms with Crippen LogP contribution in [0.1, 0.15) is 42.0 Å². The SMILES string of the molecule is O=C(NCCCN1CCCC1=O)C1c2ccccc2CC(=O)N1Cc1ccccc1. The molecular formula is C24H27N3O3. The number of amides is 3. The molecule has 2 aromatic rings. The zero-order valence-electron chi connectivity index (χ0n) is 17.0. The van der Waals surface area contributed by atoms with E-state index in [4.69, 9.17) is 0 Å². The van der Waals surface area contributed by atoms with E-state index in [1.54, 1.807) is 4.90 Å². The number of carbonyl (C=O) groups excluding carboxylic acids is 3. The Balaban J connectivity index is 1.46. The largest absolute Gasteiger partial charge is 0.354 e. The molecule has 2 aliphatic rings. The van der Waals surface area contributed by atoms with Gasteiger partial charge in [0, 0.05) is 32.6 Å². The van der Waals surface area contributed by atoms with Crippen molar-refractivity contribution in [3.8, 4) is 0 Å². The molecule has 0 aromatic heterocycles. The molecule has 4 rings (SSSR count). The van der Waals surface area contributed by atoms with E-state index in [1.165, 1.54) is 0 Å². The molecule has 6 nitrogen and oxygen atoms in total. The second kappa shape index (κ2) is 9.11. The molecule has 2 aromatic carbocycles. The van der Waals surface area contributed by atoms with Crippen molar-refractivity contribution in [2.24, 2.45) is 0 Å². The van der Waals surface area contributed by atoms with Crippen LogP contribution in [-0.4, -0.2) is 47.2 Å². The first-order valence-electron chi connectivity index (χ1n) is 10.6. The number of hydrogen-bond acceptors (Lipinski definition) is 3. The average Bonchev–Trinajstić information content (AvgIpc) is 3.17. The van der Waals surface area contributed by atoms with E-state index in [-0.39, 0.29) is 17.7 Å². The van der Waals surface area contributed by atoms with Gasteiger partial charge < -0.3 is 15.1 Å². The number of likely N-dealkylation sites (tertiary alicyclic amines) is 1. The molecule has 2 aliphatic heterocycles. The van der Waals surface area contributed by atoms with Crippen LogP contribution >= 0.6 is 0 Å². The van der Waals surface area contributed by atoms with Crippen molar-refractivity contribution >= 4 is 17.7 Å². The van der Waals surface area contributed by atoms with Crippen molar-refractivity contribution in [2.45, 2.75) is 38.3 Å². The highest BCUT2D eigenvalue weighted by Crippen LogP contribution is 2.32. The summed E-state index contributed by atoms with van der Waals surface area (Å²) in [6.07, 6.45) is 2.56. The first-order chi connectivity index (χ1) is 14.6. The van der Waals surface area contributed by atoms with Crippen LogP contribution in [-0.2, 0) is 27.3 Å². The standard InChI is InChI=1S/C24H27N3O3/c28-21-12-6-14-26(21)15-7-13-25-24(30)23-20-11-5-4-10-19(20)16-22(29)27(23)17-18-8-2-1-3-9-18/h1-5,8-11,23H,6-7,12-17H2,(H,25,30). The van der Waals surface area contributed by atoms with Gasteiger partial charge in [0.15, 0.2) is 0 Å². The van der Waals surface area contributed by atoms with Gasteiger partial charge in [0.25, 0.3) is 0 Å². The lowest BCUT2D eigenvalue weighted by Crippen LogP contribution is -2.47. The molecule has 1 saturated heterocycles. The molecule has 156 valence electrons. The number of fused-ring (bicyclic) bond motifs is 1. The first kappa shape index (κ1) is 20.1. The minimum atomic E-state index is -0.643. The van der Waals surface area contributed by atoms with Crippen LogP contribution in [0, 0.1) is 0 Å². The first-order valence-corrected chi connectivity index (χ1v) is 10.6. The van der Waals surface area contributed by atoms with Gasteiger partial charge in [-0.15, -0.1) is 0 Å². The zero-order valence-corrected chi connectivity index (χ0v) is 17.0. The molecule has 1 unspecified atom stereocenters. The van der Waals surface area contributed by atoms with Crippen LogP contribution in [0.15, 0.2) is 54.6 Å². The number of nitrogens with one attached hydrogen (secondary N) is 1. The zero-order chi connectivity index (χ0) is 20.9. The van der Waals surface area contributed by atoms with Gasteiger partial charge >= 0.3 is 0 Å². The fourth-order valence-corrected chi connectivity index (χ4v) is 4.30. The smallest absolute Gasteiger partial charge is 0.247 e. The van der Waals surface area contributed by atoms with Gasteiger partial charge in [-0.1, -0.05) is 54.6 Å². The molecule has 0 saturated carbocycles. The Morgan fingerprint density at radius 1 is 1.00 bits per heavy atom. The van der Waals surface area contributed by atoms with Crippen LogP contribution in [0.5, 0.6) is 0 Å².